The first-order valence-electron chi connectivity index (χ1n) is 7.59. The van der Waals surface area contributed by atoms with Crippen molar-refractivity contribution in [3.8, 4) is 0 Å². The molecule has 2 aliphatic rings. The molecule has 4 nitrogen and oxygen atoms in total. The molecule has 1 unspecified atom stereocenters. The Kier molecular flexibility index (Phi) is 3.86. The Morgan fingerprint density at radius 1 is 0.810 bits per heavy atom. The molecule has 3 rings (SSSR count). The summed E-state index contributed by atoms with van der Waals surface area (Å²) in [7, 11) is 0. The van der Waals surface area contributed by atoms with Crippen LogP contribution in [0.15, 0.2) is 24.3 Å². The first kappa shape index (κ1) is 14.0. The Morgan fingerprint density at radius 3 is 2.05 bits per heavy atom. The van der Waals surface area contributed by atoms with Crippen LogP contribution in [0.2, 0.25) is 0 Å². The Hall–Kier alpha value is -1.97. The molecule has 0 spiro atoms. The van der Waals surface area contributed by atoms with Crippen molar-refractivity contribution in [2.75, 3.05) is 0 Å². The van der Waals surface area contributed by atoms with Crippen molar-refractivity contribution in [2.24, 2.45) is 0 Å². The van der Waals surface area contributed by atoms with E-state index in [4.69, 9.17) is 0 Å². The van der Waals surface area contributed by atoms with Gasteiger partial charge in [-0.15, -0.1) is 0 Å². The minimum absolute atomic E-state index is 0.181. The highest BCUT2D eigenvalue weighted by Gasteiger charge is 2.28. The van der Waals surface area contributed by atoms with E-state index in [1.807, 2.05) is 12.1 Å². The summed E-state index contributed by atoms with van der Waals surface area (Å²) in [6.07, 6.45) is 4.21. The van der Waals surface area contributed by atoms with E-state index in [0.717, 1.165) is 18.4 Å². The zero-order chi connectivity index (χ0) is 14.8. The zero-order valence-corrected chi connectivity index (χ0v) is 11.9. The molecule has 1 saturated carbocycles. The average Bonchev–Trinajstić information content (AvgIpc) is 2.48. The summed E-state index contributed by atoms with van der Waals surface area (Å²) in [4.78, 5) is 34.3. The number of imide groups is 1. The van der Waals surface area contributed by atoms with Crippen LogP contribution in [0.4, 0.5) is 0 Å². The van der Waals surface area contributed by atoms with Crippen molar-refractivity contribution in [3.05, 3.63) is 35.4 Å². The van der Waals surface area contributed by atoms with Crippen LogP contribution in [-0.2, 0) is 14.4 Å². The number of carbonyl (C=O) groups excluding carboxylic acids is 3. The Bertz CT molecular complexity index is 566. The second kappa shape index (κ2) is 5.80. The smallest absolute Gasteiger partial charge is 0.234 e. The van der Waals surface area contributed by atoms with Gasteiger partial charge in [0.15, 0.2) is 0 Å². The molecule has 1 N–H and O–H groups in total. The third kappa shape index (κ3) is 3.04. The highest BCUT2D eigenvalue weighted by atomic mass is 16.2. The molecule has 4 heteroatoms. The van der Waals surface area contributed by atoms with E-state index in [0.29, 0.717) is 37.4 Å². The monoisotopic (exact) mass is 285 g/mol. The number of benzene rings is 1. The van der Waals surface area contributed by atoms with Crippen LogP contribution in [-0.4, -0.2) is 17.6 Å². The topological polar surface area (TPSA) is 63.2 Å². The molecule has 110 valence electrons. The maximum absolute atomic E-state index is 11.9. The van der Waals surface area contributed by atoms with E-state index in [1.54, 1.807) is 0 Å². The van der Waals surface area contributed by atoms with Gasteiger partial charge in [0, 0.05) is 19.3 Å². The number of ketones is 1. The lowest BCUT2D eigenvalue weighted by molar-refractivity contribution is -0.134. The molecule has 2 fully saturated rings. The fraction of sp³-hybridized carbons (Fsp3) is 0.471. The number of carbonyl (C=O) groups is 3. The van der Waals surface area contributed by atoms with E-state index in [9.17, 15) is 14.4 Å². The molecule has 1 saturated heterocycles. The third-order valence-electron chi connectivity index (χ3n) is 4.59. The number of nitrogens with one attached hydrogen (secondary N) is 1. The van der Waals surface area contributed by atoms with Gasteiger partial charge in [0.1, 0.15) is 5.78 Å². The maximum atomic E-state index is 11.9. The van der Waals surface area contributed by atoms with Gasteiger partial charge >= 0.3 is 0 Å². The number of hydrogen-bond acceptors (Lipinski definition) is 3. The van der Waals surface area contributed by atoms with Crippen LogP contribution in [0, 0.1) is 0 Å². The van der Waals surface area contributed by atoms with E-state index < -0.39 is 0 Å². The molecule has 1 aromatic carbocycles. The average molecular weight is 285 g/mol. The predicted octanol–water partition coefficient (Wildman–Crippen LogP) is 2.43. The second-order valence-electron chi connectivity index (χ2n) is 5.98. The number of piperidine rings is 1. The molecule has 0 bridgehead atoms. The molecule has 0 radical (unpaired) electrons. The van der Waals surface area contributed by atoms with Crippen molar-refractivity contribution in [3.63, 3.8) is 0 Å². The van der Waals surface area contributed by atoms with E-state index in [1.165, 1.54) is 5.56 Å². The number of hydrogen-bond donors (Lipinski definition) is 1. The summed E-state index contributed by atoms with van der Waals surface area (Å²) in [5.74, 6) is 0.233. The van der Waals surface area contributed by atoms with Crippen LogP contribution in [0.25, 0.3) is 0 Å². The van der Waals surface area contributed by atoms with Crippen molar-refractivity contribution in [1.82, 2.24) is 5.32 Å². The predicted molar refractivity (Wildman–Crippen MR) is 77.8 cm³/mol. The lowest BCUT2D eigenvalue weighted by atomic mass is 9.82. The van der Waals surface area contributed by atoms with Crippen molar-refractivity contribution in [1.29, 1.82) is 0 Å². The maximum Gasteiger partial charge on any atom is 0.234 e. The van der Waals surface area contributed by atoms with Crippen LogP contribution in [0.1, 0.15) is 61.5 Å². The van der Waals surface area contributed by atoms with Gasteiger partial charge in [-0.1, -0.05) is 24.3 Å². The molecule has 1 aliphatic heterocycles. The fourth-order valence-electron chi connectivity index (χ4n) is 3.29. The minimum Gasteiger partial charge on any atom is -0.300 e. The first-order valence-corrected chi connectivity index (χ1v) is 7.59. The van der Waals surface area contributed by atoms with Crippen molar-refractivity contribution in [2.45, 2.75) is 50.4 Å². The van der Waals surface area contributed by atoms with Crippen LogP contribution >= 0.6 is 0 Å². The molecular weight excluding hydrogens is 266 g/mol. The number of Topliss-reactive ketones (excluding diaryl/α,β-unsaturated/α-hetero) is 1. The van der Waals surface area contributed by atoms with E-state index >= 15 is 0 Å². The molecule has 1 aromatic rings. The summed E-state index contributed by atoms with van der Waals surface area (Å²) in [6.45, 7) is 0. The number of rotatable bonds is 2. The molecule has 1 heterocycles. The summed E-state index contributed by atoms with van der Waals surface area (Å²) >= 11 is 0. The zero-order valence-electron chi connectivity index (χ0n) is 11.9. The van der Waals surface area contributed by atoms with Crippen LogP contribution in [0.3, 0.4) is 0 Å². The molecule has 1 aliphatic carbocycles. The number of amides is 2. The normalized spacial score (nSPS) is 24.0. The van der Waals surface area contributed by atoms with Gasteiger partial charge in [0.25, 0.3) is 0 Å². The summed E-state index contributed by atoms with van der Waals surface area (Å²) in [5, 5.41) is 2.40. The van der Waals surface area contributed by atoms with Crippen molar-refractivity contribution < 1.29 is 14.4 Å². The Morgan fingerprint density at radius 2 is 1.43 bits per heavy atom. The molecule has 21 heavy (non-hydrogen) atoms. The lowest BCUT2D eigenvalue weighted by Crippen LogP contribution is -2.39. The van der Waals surface area contributed by atoms with Crippen LogP contribution < -0.4 is 5.32 Å². The van der Waals surface area contributed by atoms with Gasteiger partial charge in [0.2, 0.25) is 11.8 Å². The Balaban J connectivity index is 1.70. The standard InChI is InChI=1S/C17H19NO3/c19-14-7-5-12(6-8-14)11-1-3-13(4-2-11)15-9-10-16(20)18-17(15)21/h1-4,12,15H,5-10H2,(H,18,20,21). The summed E-state index contributed by atoms with van der Waals surface area (Å²) < 4.78 is 0. The van der Waals surface area contributed by atoms with Gasteiger partial charge in [-0.25, -0.2) is 0 Å². The second-order valence-corrected chi connectivity index (χ2v) is 5.98. The van der Waals surface area contributed by atoms with Gasteiger partial charge in [0.05, 0.1) is 5.92 Å². The quantitative estimate of drug-likeness (QED) is 0.849. The van der Waals surface area contributed by atoms with Crippen LogP contribution in [0.5, 0.6) is 0 Å². The first-order chi connectivity index (χ1) is 10.1. The van der Waals surface area contributed by atoms with Gasteiger partial charge < -0.3 is 0 Å². The molecular formula is C17H19NO3. The van der Waals surface area contributed by atoms with E-state index in [2.05, 4.69) is 17.4 Å². The lowest BCUT2D eigenvalue weighted by Gasteiger charge is -2.23. The fourth-order valence-corrected chi connectivity index (χ4v) is 3.29. The van der Waals surface area contributed by atoms with Crippen molar-refractivity contribution >= 4 is 17.6 Å². The SMILES string of the molecule is O=C1CCC(c2ccc(C3CCC(=O)NC3=O)cc2)CC1. The van der Waals surface area contributed by atoms with E-state index in [-0.39, 0.29) is 17.7 Å². The third-order valence-corrected chi connectivity index (χ3v) is 4.59. The summed E-state index contributed by atoms with van der Waals surface area (Å²) in [6, 6.07) is 8.12. The summed E-state index contributed by atoms with van der Waals surface area (Å²) in [5.41, 5.74) is 2.22. The molecule has 2 amide bonds. The highest BCUT2D eigenvalue weighted by Crippen LogP contribution is 2.32. The highest BCUT2D eigenvalue weighted by molar-refractivity contribution is 6.00. The minimum atomic E-state index is -0.218. The molecule has 0 aromatic heterocycles. The van der Waals surface area contributed by atoms with Gasteiger partial charge in [-0.2, -0.15) is 0 Å². The largest absolute Gasteiger partial charge is 0.300 e. The van der Waals surface area contributed by atoms with Gasteiger partial charge in [-0.3, -0.25) is 19.7 Å². The Labute approximate surface area is 123 Å². The van der Waals surface area contributed by atoms with Gasteiger partial charge in [-0.05, 0) is 36.3 Å². The molecule has 1 atom stereocenters.